The molecule has 174 valence electrons. The summed E-state index contributed by atoms with van der Waals surface area (Å²) in [6.07, 6.45) is 1.34. The van der Waals surface area contributed by atoms with E-state index in [4.69, 9.17) is 14.5 Å². The van der Waals surface area contributed by atoms with Gasteiger partial charge in [-0.2, -0.15) is 0 Å². The number of fused-ring (bicyclic) bond motifs is 2. The summed E-state index contributed by atoms with van der Waals surface area (Å²) in [5, 5.41) is 3.63. The number of hydrogen-bond donors (Lipinski definition) is 1. The summed E-state index contributed by atoms with van der Waals surface area (Å²) in [6, 6.07) is 23.8. The number of nitrogens with zero attached hydrogens (tertiary/aromatic N) is 1. The van der Waals surface area contributed by atoms with E-state index in [2.05, 4.69) is 19.2 Å². The van der Waals surface area contributed by atoms with Gasteiger partial charge >= 0.3 is 0 Å². The molecule has 5 heteroatoms. The molecule has 2 atom stereocenters. The molecule has 34 heavy (non-hydrogen) atoms. The lowest BCUT2D eigenvalue weighted by atomic mass is 9.68. The number of Topliss-reactive ketones (excluding diaryl/α,β-unsaturated/α-hetero) is 1. The summed E-state index contributed by atoms with van der Waals surface area (Å²) in [7, 11) is 1.64. The van der Waals surface area contributed by atoms with Crippen LogP contribution in [-0.4, -0.2) is 18.6 Å². The molecule has 1 aliphatic heterocycles. The fourth-order valence-corrected chi connectivity index (χ4v) is 5.02. The highest BCUT2D eigenvalue weighted by molar-refractivity contribution is 6.10. The monoisotopic (exact) mass is 454 g/mol. The molecule has 0 amide bonds. The smallest absolute Gasteiger partial charge is 0.161 e. The number of benzene rings is 3. The van der Waals surface area contributed by atoms with Gasteiger partial charge in [-0.15, -0.1) is 0 Å². The van der Waals surface area contributed by atoms with Crippen LogP contribution in [0.5, 0.6) is 11.5 Å². The minimum absolute atomic E-state index is 0.0942. The number of ketones is 1. The van der Waals surface area contributed by atoms with Crippen LogP contribution in [-0.2, 0) is 11.4 Å². The molecule has 0 saturated heterocycles. The van der Waals surface area contributed by atoms with Gasteiger partial charge in [0.15, 0.2) is 11.5 Å². The second kappa shape index (κ2) is 8.98. The molecule has 5 nitrogen and oxygen atoms in total. The highest BCUT2D eigenvalue weighted by Gasteiger charge is 2.44. The molecule has 1 heterocycles. The summed E-state index contributed by atoms with van der Waals surface area (Å²) in [5.74, 6) is 1.23. The molecular weight excluding hydrogens is 424 g/mol. The lowest BCUT2D eigenvalue weighted by Crippen LogP contribution is -2.42. The zero-order valence-electron chi connectivity index (χ0n) is 19.9. The van der Waals surface area contributed by atoms with Crippen LogP contribution >= 0.6 is 0 Å². The summed E-state index contributed by atoms with van der Waals surface area (Å²) in [5.41, 5.74) is 4.74. The van der Waals surface area contributed by atoms with Crippen molar-refractivity contribution in [3.63, 3.8) is 0 Å². The number of aliphatic imine (C=N–C) groups is 1. The van der Waals surface area contributed by atoms with Crippen molar-refractivity contribution in [1.82, 2.24) is 0 Å². The minimum Gasteiger partial charge on any atom is -0.493 e. The first-order chi connectivity index (χ1) is 16.4. The molecule has 2 unspecified atom stereocenters. The quantitative estimate of drug-likeness (QED) is 0.477. The first-order valence-electron chi connectivity index (χ1n) is 11.7. The number of carbonyl (C=O) groups excluding carboxylic acids is 1. The van der Waals surface area contributed by atoms with Gasteiger partial charge in [0, 0.05) is 12.1 Å². The molecule has 0 bridgehead atoms. The molecule has 1 N–H and O–H groups in total. The molecule has 0 spiro atoms. The van der Waals surface area contributed by atoms with Gasteiger partial charge < -0.3 is 14.8 Å². The van der Waals surface area contributed by atoms with Crippen molar-refractivity contribution in [2.75, 3.05) is 12.4 Å². The van der Waals surface area contributed by atoms with E-state index in [-0.39, 0.29) is 23.2 Å². The maximum absolute atomic E-state index is 13.4. The number of para-hydroxylation sites is 2. The lowest BCUT2D eigenvalue weighted by Gasteiger charge is -2.37. The maximum Gasteiger partial charge on any atom is 0.161 e. The number of hydrogen-bond acceptors (Lipinski definition) is 5. The Morgan fingerprint density at radius 2 is 1.74 bits per heavy atom. The van der Waals surface area contributed by atoms with Crippen LogP contribution < -0.4 is 14.8 Å². The van der Waals surface area contributed by atoms with E-state index in [1.54, 1.807) is 7.11 Å². The Morgan fingerprint density at radius 3 is 2.53 bits per heavy atom. The number of methoxy groups -OCH3 is 1. The SMILES string of the molecule is COc1cc(C2Nc3ccccc3N=C3CC(C)(C)CC(=O)C32)ccc1OCc1ccccc1. The summed E-state index contributed by atoms with van der Waals surface area (Å²) in [6.45, 7) is 4.74. The van der Waals surface area contributed by atoms with E-state index >= 15 is 0 Å². The number of rotatable bonds is 5. The van der Waals surface area contributed by atoms with Crippen molar-refractivity contribution < 1.29 is 14.3 Å². The predicted octanol–water partition coefficient (Wildman–Crippen LogP) is 6.52. The highest BCUT2D eigenvalue weighted by atomic mass is 16.5. The van der Waals surface area contributed by atoms with Gasteiger partial charge in [-0.05, 0) is 47.2 Å². The third-order valence-corrected chi connectivity index (χ3v) is 6.61. The molecule has 0 aromatic heterocycles. The molecular formula is C29H30N2O3. The van der Waals surface area contributed by atoms with Gasteiger partial charge in [0.05, 0.1) is 30.4 Å². The number of ether oxygens (including phenoxy) is 2. The van der Waals surface area contributed by atoms with Gasteiger partial charge in [-0.1, -0.05) is 62.4 Å². The lowest BCUT2D eigenvalue weighted by molar-refractivity contribution is -0.124. The first-order valence-corrected chi connectivity index (χ1v) is 11.7. The van der Waals surface area contributed by atoms with Gasteiger partial charge in [-0.25, -0.2) is 0 Å². The highest BCUT2D eigenvalue weighted by Crippen LogP contribution is 2.46. The van der Waals surface area contributed by atoms with E-state index in [1.165, 1.54) is 0 Å². The molecule has 5 rings (SSSR count). The van der Waals surface area contributed by atoms with E-state index < -0.39 is 0 Å². The Kier molecular flexibility index (Phi) is 5.86. The van der Waals surface area contributed by atoms with E-state index in [1.807, 2.05) is 72.8 Å². The van der Waals surface area contributed by atoms with Crippen molar-refractivity contribution in [2.24, 2.45) is 16.3 Å². The average Bonchev–Trinajstić information content (AvgIpc) is 2.99. The topological polar surface area (TPSA) is 59.9 Å². The van der Waals surface area contributed by atoms with Crippen LogP contribution in [0.25, 0.3) is 0 Å². The molecule has 1 fully saturated rings. The van der Waals surface area contributed by atoms with Crippen molar-refractivity contribution >= 4 is 22.9 Å². The van der Waals surface area contributed by atoms with Gasteiger partial charge in [0.1, 0.15) is 12.4 Å². The fraction of sp³-hybridized carbons (Fsp3) is 0.310. The van der Waals surface area contributed by atoms with E-state index in [0.29, 0.717) is 24.5 Å². The molecule has 3 aromatic rings. The van der Waals surface area contributed by atoms with Gasteiger partial charge in [0.2, 0.25) is 0 Å². The average molecular weight is 455 g/mol. The van der Waals surface area contributed by atoms with Crippen LogP contribution in [0.4, 0.5) is 11.4 Å². The van der Waals surface area contributed by atoms with Crippen molar-refractivity contribution in [3.8, 4) is 11.5 Å². The molecule has 1 aliphatic carbocycles. The van der Waals surface area contributed by atoms with Gasteiger partial charge in [0.25, 0.3) is 0 Å². The number of nitrogens with one attached hydrogen (secondary N) is 1. The minimum atomic E-state index is -0.318. The normalized spacial score (nSPS) is 20.8. The standard InChI is InChI=1S/C29H30N2O3/c1-29(2)16-23-27(24(32)17-29)28(31-22-12-8-7-11-21(22)30-23)20-13-14-25(26(15-20)33-3)34-18-19-9-5-4-6-10-19/h4-15,27-28,31H,16-18H2,1-3H3. The summed E-state index contributed by atoms with van der Waals surface area (Å²) >= 11 is 0. The van der Waals surface area contributed by atoms with Crippen molar-refractivity contribution in [1.29, 1.82) is 0 Å². The summed E-state index contributed by atoms with van der Waals surface area (Å²) in [4.78, 5) is 18.4. The largest absolute Gasteiger partial charge is 0.493 e. The Hall–Kier alpha value is -3.60. The third-order valence-electron chi connectivity index (χ3n) is 6.61. The van der Waals surface area contributed by atoms with Crippen molar-refractivity contribution in [3.05, 3.63) is 83.9 Å². The molecule has 1 saturated carbocycles. The zero-order chi connectivity index (χ0) is 23.7. The van der Waals surface area contributed by atoms with Crippen LogP contribution in [0.1, 0.15) is 43.9 Å². The van der Waals surface area contributed by atoms with E-state index in [9.17, 15) is 4.79 Å². The zero-order valence-corrected chi connectivity index (χ0v) is 19.9. The second-order valence-electron chi connectivity index (χ2n) is 9.89. The predicted molar refractivity (Wildman–Crippen MR) is 135 cm³/mol. The number of carbonyl (C=O) groups is 1. The number of anilines is 1. The van der Waals surface area contributed by atoms with Crippen molar-refractivity contribution in [2.45, 2.75) is 39.3 Å². The molecule has 3 aromatic carbocycles. The second-order valence-corrected chi connectivity index (χ2v) is 9.89. The molecule has 2 aliphatic rings. The Bertz CT molecular complexity index is 1230. The maximum atomic E-state index is 13.4. The Morgan fingerprint density at radius 1 is 0.971 bits per heavy atom. The van der Waals surface area contributed by atoms with Crippen LogP contribution in [0.15, 0.2) is 77.8 Å². The van der Waals surface area contributed by atoms with Gasteiger partial charge in [-0.3, -0.25) is 9.79 Å². The third kappa shape index (κ3) is 4.43. The Labute approximate surface area is 200 Å². The fourth-order valence-electron chi connectivity index (χ4n) is 5.02. The van der Waals surface area contributed by atoms with E-state index in [0.717, 1.165) is 34.6 Å². The van der Waals surface area contributed by atoms with Crippen LogP contribution in [0.2, 0.25) is 0 Å². The molecule has 0 radical (unpaired) electrons. The van der Waals surface area contributed by atoms with Crippen LogP contribution in [0, 0.1) is 11.3 Å². The summed E-state index contributed by atoms with van der Waals surface area (Å²) < 4.78 is 11.8. The Balaban J connectivity index is 1.50. The first kappa shape index (κ1) is 22.2. The van der Waals surface area contributed by atoms with Crippen LogP contribution in [0.3, 0.4) is 0 Å².